The van der Waals surface area contributed by atoms with Crippen molar-refractivity contribution in [1.82, 2.24) is 15.5 Å². The van der Waals surface area contributed by atoms with Crippen LogP contribution in [0.2, 0.25) is 0 Å². The Morgan fingerprint density at radius 3 is 2.90 bits per heavy atom. The number of carbonyl (C=O) groups is 1. The molecule has 2 atom stereocenters. The number of nitrogens with one attached hydrogen (secondary N) is 1. The zero-order valence-corrected chi connectivity index (χ0v) is 11.7. The van der Waals surface area contributed by atoms with Crippen molar-refractivity contribution >= 4 is 15.9 Å². The fraction of sp³-hybridized carbons (Fsp3) is 0.700. The summed E-state index contributed by atoms with van der Waals surface area (Å²) in [6.45, 7) is 0.319. The van der Waals surface area contributed by atoms with Crippen molar-refractivity contribution in [2.75, 3.05) is 12.8 Å². The van der Waals surface area contributed by atoms with Crippen LogP contribution in [-0.4, -0.2) is 43.5 Å². The van der Waals surface area contributed by atoms with Gasteiger partial charge in [-0.15, -0.1) is 0 Å². The first-order valence-electron chi connectivity index (χ1n) is 6.02. The molecule has 0 aromatic carbocycles. The van der Waals surface area contributed by atoms with Gasteiger partial charge in [0.15, 0.2) is 9.84 Å². The van der Waals surface area contributed by atoms with Crippen molar-refractivity contribution in [2.24, 2.45) is 5.73 Å². The van der Waals surface area contributed by atoms with Gasteiger partial charge in [-0.3, -0.25) is 0 Å². The van der Waals surface area contributed by atoms with Gasteiger partial charge in [-0.25, -0.2) is 13.2 Å². The molecule has 2 rings (SSSR count). The van der Waals surface area contributed by atoms with E-state index in [-0.39, 0.29) is 23.9 Å². The molecule has 3 N–H and O–H groups in total. The number of urea groups is 1. The molecular weight excluding hydrogens is 288 g/mol. The highest BCUT2D eigenvalue weighted by Gasteiger charge is 2.30. The molecule has 112 valence electrons. The summed E-state index contributed by atoms with van der Waals surface area (Å²) in [4.78, 5) is 14.6. The van der Waals surface area contributed by atoms with E-state index in [0.29, 0.717) is 18.8 Å². The van der Waals surface area contributed by atoms with Crippen LogP contribution in [0, 0.1) is 0 Å². The van der Waals surface area contributed by atoms with Crippen molar-refractivity contribution in [1.29, 1.82) is 0 Å². The Hall–Kier alpha value is -1.68. The van der Waals surface area contributed by atoms with Crippen molar-refractivity contribution in [3.05, 3.63) is 11.7 Å². The maximum Gasteiger partial charge on any atom is 0.312 e. The molecule has 2 unspecified atom stereocenters. The van der Waals surface area contributed by atoms with Gasteiger partial charge in [-0.1, -0.05) is 5.16 Å². The Bertz CT molecular complexity index is 584. The highest BCUT2D eigenvalue weighted by atomic mass is 32.2. The molecule has 0 spiro atoms. The molecule has 0 radical (unpaired) electrons. The number of ether oxygens (including phenoxy) is 1. The molecule has 0 aliphatic carbocycles. The number of nitrogens with zero attached hydrogens (tertiary/aromatic N) is 2. The molecule has 1 aliphatic rings. The maximum absolute atomic E-state index is 11.1. The van der Waals surface area contributed by atoms with Gasteiger partial charge in [0.25, 0.3) is 0 Å². The highest BCUT2D eigenvalue weighted by Crippen LogP contribution is 2.30. The maximum atomic E-state index is 11.1. The Balaban J connectivity index is 1.92. The van der Waals surface area contributed by atoms with Crippen molar-refractivity contribution in [3.63, 3.8) is 0 Å². The van der Waals surface area contributed by atoms with Crippen molar-refractivity contribution < 1.29 is 22.5 Å². The Morgan fingerprint density at radius 1 is 1.50 bits per heavy atom. The molecule has 2 amide bonds. The minimum absolute atomic E-state index is 0.0461. The zero-order chi connectivity index (χ0) is 14.8. The smallest absolute Gasteiger partial charge is 0.312 e. The molecule has 1 aromatic heterocycles. The van der Waals surface area contributed by atoms with E-state index in [1.54, 1.807) is 0 Å². The van der Waals surface area contributed by atoms with E-state index in [9.17, 15) is 13.2 Å². The predicted octanol–water partition coefficient (Wildman–Crippen LogP) is -0.497. The summed E-state index contributed by atoms with van der Waals surface area (Å²) >= 11 is 0. The topological polar surface area (TPSA) is 137 Å². The summed E-state index contributed by atoms with van der Waals surface area (Å²) in [6, 6.07) is -0.605. The minimum Gasteiger partial charge on any atom is -0.365 e. The fourth-order valence-electron chi connectivity index (χ4n) is 1.94. The lowest BCUT2D eigenvalue weighted by molar-refractivity contribution is 0.0402. The number of nitrogens with two attached hydrogens (primary N) is 1. The molecule has 1 fully saturated rings. The summed E-state index contributed by atoms with van der Waals surface area (Å²) in [5.41, 5.74) is 4.98. The van der Waals surface area contributed by atoms with E-state index >= 15 is 0 Å². The van der Waals surface area contributed by atoms with Gasteiger partial charge in [0, 0.05) is 12.8 Å². The lowest BCUT2D eigenvalue weighted by Crippen LogP contribution is -2.35. The third-order valence-corrected chi connectivity index (χ3v) is 3.54. The van der Waals surface area contributed by atoms with Crippen LogP contribution >= 0.6 is 0 Å². The first kappa shape index (κ1) is 14.7. The van der Waals surface area contributed by atoms with Gasteiger partial charge in [-0.2, -0.15) is 4.98 Å². The van der Waals surface area contributed by atoms with Gasteiger partial charge in [-0.05, 0) is 12.8 Å². The van der Waals surface area contributed by atoms with E-state index in [4.69, 9.17) is 15.0 Å². The molecular formula is C10H16N4O5S. The van der Waals surface area contributed by atoms with Crippen LogP contribution < -0.4 is 11.1 Å². The third kappa shape index (κ3) is 4.17. The lowest BCUT2D eigenvalue weighted by atomic mass is 10.2. The molecule has 9 nitrogen and oxygen atoms in total. The number of amides is 2. The molecule has 2 heterocycles. The van der Waals surface area contributed by atoms with Gasteiger partial charge >= 0.3 is 6.03 Å². The molecule has 20 heavy (non-hydrogen) atoms. The van der Waals surface area contributed by atoms with E-state index < -0.39 is 15.9 Å². The van der Waals surface area contributed by atoms with Crippen LogP contribution in [0.15, 0.2) is 4.52 Å². The SMILES string of the molecule is CS(=O)(=O)Cc1nc(C2CCC(CNC(N)=O)O2)no1. The summed E-state index contributed by atoms with van der Waals surface area (Å²) in [5, 5.41) is 6.19. The summed E-state index contributed by atoms with van der Waals surface area (Å²) in [5.74, 6) is 0.0781. The summed E-state index contributed by atoms with van der Waals surface area (Å²) in [6.07, 6.45) is 1.97. The van der Waals surface area contributed by atoms with E-state index in [2.05, 4.69) is 15.5 Å². The Labute approximate surface area is 115 Å². The molecule has 1 aliphatic heterocycles. The zero-order valence-electron chi connectivity index (χ0n) is 10.9. The second-order valence-electron chi connectivity index (χ2n) is 4.69. The van der Waals surface area contributed by atoms with Crippen LogP contribution in [0.4, 0.5) is 4.79 Å². The average Bonchev–Trinajstić information content (AvgIpc) is 2.92. The monoisotopic (exact) mass is 304 g/mol. The highest BCUT2D eigenvalue weighted by molar-refractivity contribution is 7.89. The summed E-state index contributed by atoms with van der Waals surface area (Å²) < 4.78 is 32.8. The predicted molar refractivity (Wildman–Crippen MR) is 67.3 cm³/mol. The number of hydrogen-bond acceptors (Lipinski definition) is 7. The molecule has 0 bridgehead atoms. The number of aromatic nitrogens is 2. The minimum atomic E-state index is -3.21. The number of carbonyl (C=O) groups excluding carboxylic acids is 1. The fourth-order valence-corrected chi connectivity index (χ4v) is 2.51. The Kier molecular flexibility index (Phi) is 4.23. The van der Waals surface area contributed by atoms with Gasteiger partial charge in [0.05, 0.1) is 6.10 Å². The van der Waals surface area contributed by atoms with E-state index in [1.807, 2.05) is 0 Å². The second kappa shape index (κ2) is 5.75. The first-order valence-corrected chi connectivity index (χ1v) is 8.08. The van der Waals surface area contributed by atoms with Gasteiger partial charge < -0.3 is 20.3 Å². The summed E-state index contributed by atoms with van der Waals surface area (Å²) in [7, 11) is -3.21. The number of rotatable bonds is 5. The van der Waals surface area contributed by atoms with Crippen molar-refractivity contribution in [3.8, 4) is 0 Å². The van der Waals surface area contributed by atoms with Crippen LogP contribution in [0.5, 0.6) is 0 Å². The van der Waals surface area contributed by atoms with Crippen LogP contribution in [0.25, 0.3) is 0 Å². The van der Waals surface area contributed by atoms with E-state index in [0.717, 1.165) is 12.7 Å². The van der Waals surface area contributed by atoms with Gasteiger partial charge in [0.1, 0.15) is 11.9 Å². The van der Waals surface area contributed by atoms with Crippen molar-refractivity contribution in [2.45, 2.75) is 30.8 Å². The van der Waals surface area contributed by atoms with Crippen LogP contribution in [0.3, 0.4) is 0 Å². The van der Waals surface area contributed by atoms with Gasteiger partial charge in [0.2, 0.25) is 11.7 Å². The lowest BCUT2D eigenvalue weighted by Gasteiger charge is -2.11. The second-order valence-corrected chi connectivity index (χ2v) is 6.83. The standard InChI is InChI=1S/C10H16N4O5S/c1-20(16,17)5-8-13-9(14-19-8)7-3-2-6(18-7)4-12-10(11)15/h6-7H,2-5H2,1H3,(H3,11,12,15). The number of hydrogen-bond donors (Lipinski definition) is 2. The van der Waals surface area contributed by atoms with Crippen LogP contribution in [-0.2, 0) is 20.3 Å². The first-order chi connectivity index (χ1) is 9.33. The number of primary amides is 1. The third-order valence-electron chi connectivity index (χ3n) is 2.77. The molecule has 0 saturated carbocycles. The number of sulfone groups is 1. The average molecular weight is 304 g/mol. The van der Waals surface area contributed by atoms with Crippen LogP contribution in [0.1, 0.15) is 30.7 Å². The normalized spacial score (nSPS) is 22.9. The molecule has 10 heteroatoms. The molecule has 1 saturated heterocycles. The quantitative estimate of drug-likeness (QED) is 0.748. The Morgan fingerprint density at radius 2 is 2.25 bits per heavy atom. The van der Waals surface area contributed by atoms with E-state index in [1.165, 1.54) is 0 Å². The largest absolute Gasteiger partial charge is 0.365 e. The molecule has 1 aromatic rings.